The third-order valence-corrected chi connectivity index (χ3v) is 4.71. The molecule has 0 N–H and O–H groups in total. The van der Waals surface area contributed by atoms with E-state index >= 15 is 0 Å². The molecule has 0 aliphatic carbocycles. The van der Waals surface area contributed by atoms with Gasteiger partial charge in [0.2, 0.25) is 0 Å². The van der Waals surface area contributed by atoms with Gasteiger partial charge in [-0.3, -0.25) is 4.79 Å². The fourth-order valence-corrected chi connectivity index (χ4v) is 3.28. The van der Waals surface area contributed by atoms with E-state index in [1.807, 2.05) is 24.0 Å². The second-order valence-electron chi connectivity index (χ2n) is 5.21. The Morgan fingerprint density at radius 1 is 1.23 bits per heavy atom. The summed E-state index contributed by atoms with van der Waals surface area (Å²) in [4.78, 5) is 19.6. The van der Waals surface area contributed by atoms with E-state index in [1.54, 1.807) is 19.7 Å². The van der Waals surface area contributed by atoms with Crippen LogP contribution in [0.15, 0.2) is 17.6 Å². The molecule has 2 aromatic rings. The molecule has 1 aliphatic rings. The van der Waals surface area contributed by atoms with Crippen molar-refractivity contribution in [3.63, 3.8) is 0 Å². The number of aryl methyl sites for hydroxylation is 1. The van der Waals surface area contributed by atoms with Gasteiger partial charge in [-0.1, -0.05) is 0 Å². The van der Waals surface area contributed by atoms with Crippen molar-refractivity contribution in [2.24, 2.45) is 0 Å². The van der Waals surface area contributed by atoms with E-state index in [-0.39, 0.29) is 5.91 Å². The highest BCUT2D eigenvalue weighted by molar-refractivity contribution is 7.09. The summed E-state index contributed by atoms with van der Waals surface area (Å²) in [6.07, 6.45) is 0.810. The van der Waals surface area contributed by atoms with Gasteiger partial charge < -0.3 is 14.4 Å². The Morgan fingerprint density at radius 3 is 2.50 bits per heavy atom. The summed E-state index contributed by atoms with van der Waals surface area (Å²) < 4.78 is 10.7. The quantitative estimate of drug-likeness (QED) is 0.873. The van der Waals surface area contributed by atoms with Gasteiger partial charge in [-0.05, 0) is 36.6 Å². The first kappa shape index (κ1) is 14.8. The Balaban J connectivity index is 1.87. The highest BCUT2D eigenvalue weighted by Crippen LogP contribution is 2.33. The molecule has 1 aliphatic heterocycles. The fourth-order valence-electron chi connectivity index (χ4n) is 2.72. The molecule has 116 valence electrons. The van der Waals surface area contributed by atoms with E-state index in [4.69, 9.17) is 9.47 Å². The Hall–Kier alpha value is -2.08. The van der Waals surface area contributed by atoms with Crippen molar-refractivity contribution in [2.45, 2.75) is 19.9 Å². The van der Waals surface area contributed by atoms with Crippen LogP contribution in [0, 0.1) is 6.92 Å². The summed E-state index contributed by atoms with van der Waals surface area (Å²) in [5, 5.41) is 0. The normalized spacial score (nSPS) is 13.7. The van der Waals surface area contributed by atoms with Crippen LogP contribution in [0.1, 0.15) is 26.5 Å². The molecular weight excluding hydrogens is 300 g/mol. The van der Waals surface area contributed by atoms with Crippen LogP contribution < -0.4 is 9.47 Å². The summed E-state index contributed by atoms with van der Waals surface area (Å²) in [5.41, 5.74) is 4.59. The molecule has 0 fully saturated rings. The van der Waals surface area contributed by atoms with Crippen LogP contribution in [0.4, 0.5) is 0 Å². The number of rotatable bonds is 3. The number of methoxy groups -OCH3 is 2. The van der Waals surface area contributed by atoms with Crippen LogP contribution >= 0.6 is 11.3 Å². The lowest BCUT2D eigenvalue weighted by atomic mass is 9.98. The number of aromatic nitrogens is 1. The molecule has 1 aromatic heterocycles. The van der Waals surface area contributed by atoms with Gasteiger partial charge in [0.05, 0.1) is 19.7 Å². The average molecular weight is 318 g/mol. The maximum atomic E-state index is 12.6. The Bertz CT molecular complexity index is 711. The van der Waals surface area contributed by atoms with Gasteiger partial charge in [0.1, 0.15) is 5.69 Å². The maximum Gasteiger partial charge on any atom is 0.273 e. The van der Waals surface area contributed by atoms with E-state index in [0.29, 0.717) is 24.5 Å². The highest BCUT2D eigenvalue weighted by Gasteiger charge is 2.25. The van der Waals surface area contributed by atoms with Crippen LogP contribution in [0.25, 0.3) is 0 Å². The van der Waals surface area contributed by atoms with Gasteiger partial charge in [-0.15, -0.1) is 11.3 Å². The lowest BCUT2D eigenvalue weighted by Crippen LogP contribution is -2.36. The number of nitrogens with zero attached hydrogens (tertiary/aromatic N) is 2. The molecule has 0 bridgehead atoms. The molecular formula is C16H18N2O3S. The molecule has 22 heavy (non-hydrogen) atoms. The van der Waals surface area contributed by atoms with Crippen molar-refractivity contribution >= 4 is 17.2 Å². The van der Waals surface area contributed by atoms with Crippen molar-refractivity contribution in [1.29, 1.82) is 0 Å². The van der Waals surface area contributed by atoms with E-state index in [0.717, 1.165) is 22.6 Å². The molecule has 1 amide bonds. The highest BCUT2D eigenvalue weighted by atomic mass is 32.1. The zero-order valence-corrected chi connectivity index (χ0v) is 13.7. The molecule has 6 heteroatoms. The number of benzene rings is 1. The van der Waals surface area contributed by atoms with Gasteiger partial charge in [0.25, 0.3) is 5.91 Å². The van der Waals surface area contributed by atoms with Gasteiger partial charge >= 0.3 is 0 Å². The molecule has 0 spiro atoms. The van der Waals surface area contributed by atoms with Crippen molar-refractivity contribution < 1.29 is 14.3 Å². The number of carbonyl (C=O) groups excluding carboxylic acids is 1. The minimum absolute atomic E-state index is 0.000755. The molecule has 0 radical (unpaired) electrons. The predicted molar refractivity (Wildman–Crippen MR) is 84.8 cm³/mol. The van der Waals surface area contributed by atoms with E-state index in [2.05, 4.69) is 4.98 Å². The fraction of sp³-hybridized carbons (Fsp3) is 0.375. The zero-order valence-electron chi connectivity index (χ0n) is 12.9. The van der Waals surface area contributed by atoms with Gasteiger partial charge in [-0.2, -0.15) is 0 Å². The molecule has 0 saturated carbocycles. The molecule has 2 heterocycles. The molecule has 5 nitrogen and oxygen atoms in total. The molecule has 0 atom stereocenters. The topological polar surface area (TPSA) is 51.7 Å². The number of amides is 1. The summed E-state index contributed by atoms with van der Waals surface area (Å²) in [6.45, 7) is 3.19. The first-order chi connectivity index (χ1) is 10.6. The lowest BCUT2D eigenvalue weighted by Gasteiger charge is -2.29. The lowest BCUT2D eigenvalue weighted by molar-refractivity contribution is 0.0728. The van der Waals surface area contributed by atoms with Crippen LogP contribution in [0.5, 0.6) is 11.5 Å². The van der Waals surface area contributed by atoms with Gasteiger partial charge in [0.15, 0.2) is 11.5 Å². The minimum Gasteiger partial charge on any atom is -0.493 e. The number of fused-ring (bicyclic) bond motifs is 1. The maximum absolute atomic E-state index is 12.6. The number of ether oxygens (including phenoxy) is 2. The monoisotopic (exact) mass is 318 g/mol. The number of hydrogen-bond donors (Lipinski definition) is 0. The Morgan fingerprint density at radius 2 is 1.91 bits per heavy atom. The number of thiazole rings is 1. The third kappa shape index (κ3) is 2.54. The van der Waals surface area contributed by atoms with E-state index < -0.39 is 0 Å². The Labute approximate surface area is 133 Å². The minimum atomic E-state index is -0.000755. The standard InChI is InChI=1S/C16H18N2O3S/c1-10-15(17-9-22-10)16(19)18-5-4-11-6-13(20-2)14(21-3)7-12(11)8-18/h6-7,9H,4-5,8H2,1-3H3. The first-order valence-electron chi connectivity index (χ1n) is 7.07. The van der Waals surface area contributed by atoms with Crippen LogP contribution in [-0.4, -0.2) is 36.6 Å². The predicted octanol–water partition coefficient (Wildman–Crippen LogP) is 2.67. The third-order valence-electron chi connectivity index (χ3n) is 3.95. The second-order valence-corrected chi connectivity index (χ2v) is 6.27. The SMILES string of the molecule is COc1cc2c(cc1OC)CN(C(=O)c1ncsc1C)CC2. The summed E-state index contributed by atoms with van der Waals surface area (Å²) in [6, 6.07) is 3.96. The summed E-state index contributed by atoms with van der Waals surface area (Å²) >= 11 is 1.50. The van der Waals surface area contributed by atoms with Crippen LogP contribution in [-0.2, 0) is 13.0 Å². The van der Waals surface area contributed by atoms with Crippen molar-refractivity contribution in [2.75, 3.05) is 20.8 Å². The van der Waals surface area contributed by atoms with Crippen molar-refractivity contribution in [1.82, 2.24) is 9.88 Å². The molecule has 0 unspecified atom stereocenters. The molecule has 1 aromatic carbocycles. The molecule has 3 rings (SSSR count). The van der Waals surface area contributed by atoms with Crippen LogP contribution in [0.3, 0.4) is 0 Å². The van der Waals surface area contributed by atoms with Crippen LogP contribution in [0.2, 0.25) is 0 Å². The van der Waals surface area contributed by atoms with Crippen molar-refractivity contribution in [3.8, 4) is 11.5 Å². The average Bonchev–Trinajstić information content (AvgIpc) is 2.98. The second kappa shape index (κ2) is 5.96. The largest absolute Gasteiger partial charge is 0.493 e. The summed E-state index contributed by atoms with van der Waals surface area (Å²) in [7, 11) is 3.25. The summed E-state index contributed by atoms with van der Waals surface area (Å²) in [5.74, 6) is 1.43. The smallest absolute Gasteiger partial charge is 0.273 e. The zero-order chi connectivity index (χ0) is 15.7. The Kier molecular flexibility index (Phi) is 4.02. The van der Waals surface area contributed by atoms with Gasteiger partial charge in [0, 0.05) is 18.0 Å². The van der Waals surface area contributed by atoms with Crippen molar-refractivity contribution in [3.05, 3.63) is 39.3 Å². The van der Waals surface area contributed by atoms with E-state index in [9.17, 15) is 4.79 Å². The first-order valence-corrected chi connectivity index (χ1v) is 7.95. The number of carbonyl (C=O) groups is 1. The molecule has 0 saturated heterocycles. The van der Waals surface area contributed by atoms with E-state index in [1.165, 1.54) is 16.9 Å². The van der Waals surface area contributed by atoms with Gasteiger partial charge in [-0.25, -0.2) is 4.98 Å². The number of hydrogen-bond acceptors (Lipinski definition) is 5.